The molecule has 0 radical (unpaired) electrons. The Labute approximate surface area is 345 Å². The van der Waals surface area contributed by atoms with Crippen LogP contribution < -0.4 is 14.4 Å². The highest BCUT2D eigenvalue weighted by Crippen LogP contribution is 2.53. The zero-order valence-corrected chi connectivity index (χ0v) is 31.7. The van der Waals surface area contributed by atoms with Crippen LogP contribution in [0.15, 0.2) is 91.0 Å². The number of phenols is 1. The van der Waals surface area contributed by atoms with E-state index in [-0.39, 0.29) is 41.0 Å². The fourth-order valence-corrected chi connectivity index (χ4v) is 7.71. The van der Waals surface area contributed by atoms with Gasteiger partial charge in [0.15, 0.2) is 12.2 Å². The summed E-state index contributed by atoms with van der Waals surface area (Å²) in [6.07, 6.45) is -20.8. The van der Waals surface area contributed by atoms with Crippen LogP contribution in [0.5, 0.6) is 17.2 Å². The van der Waals surface area contributed by atoms with E-state index in [0.717, 1.165) is 0 Å². The number of carbonyl (C=O) groups excluding carboxylic acids is 1. The smallest absolute Gasteiger partial charge is 0.335 e. The molecule has 61 heavy (non-hydrogen) atoms. The van der Waals surface area contributed by atoms with E-state index >= 15 is 0 Å². The summed E-state index contributed by atoms with van der Waals surface area (Å²) in [5, 5.41) is 105. The van der Waals surface area contributed by atoms with Crippen molar-refractivity contribution in [2.24, 2.45) is 5.92 Å². The van der Waals surface area contributed by atoms with Crippen molar-refractivity contribution in [2.45, 2.75) is 86.4 Å². The van der Waals surface area contributed by atoms with Crippen molar-refractivity contribution < 1.29 is 88.8 Å². The van der Waals surface area contributed by atoms with Gasteiger partial charge < -0.3 is 74.9 Å². The van der Waals surface area contributed by atoms with Crippen molar-refractivity contribution in [2.75, 3.05) is 4.90 Å². The van der Waals surface area contributed by atoms with Crippen LogP contribution in [0.4, 0.5) is 10.1 Å². The molecule has 19 heteroatoms. The maximum absolute atomic E-state index is 14.0. The Balaban J connectivity index is 1.28. The van der Waals surface area contributed by atoms with E-state index in [1.807, 2.05) is 0 Å². The lowest BCUT2D eigenvalue weighted by Crippen LogP contribution is -2.61. The molecule has 3 saturated heterocycles. The molecule has 3 heterocycles. The van der Waals surface area contributed by atoms with Crippen LogP contribution in [-0.4, -0.2) is 130 Å². The van der Waals surface area contributed by atoms with Crippen LogP contribution >= 0.6 is 0 Å². The zero-order chi connectivity index (χ0) is 43.9. The lowest BCUT2D eigenvalue weighted by molar-refractivity contribution is -0.271. The highest BCUT2D eigenvalue weighted by Gasteiger charge is 2.53. The number of aliphatic carboxylic acids is 2. The average Bonchev–Trinajstić information content (AvgIpc) is 3.23. The maximum Gasteiger partial charge on any atom is 0.335 e. The molecule has 0 spiro atoms. The zero-order valence-electron chi connectivity index (χ0n) is 31.7. The Kier molecular flexibility index (Phi) is 12.6. The van der Waals surface area contributed by atoms with Crippen molar-refractivity contribution in [3.63, 3.8) is 0 Å². The van der Waals surface area contributed by atoms with Gasteiger partial charge in [0.25, 0.3) is 0 Å². The monoisotopic (exact) mass is 851 g/mol. The molecule has 0 unspecified atom stereocenters. The van der Waals surface area contributed by atoms with Crippen molar-refractivity contribution in [1.29, 1.82) is 0 Å². The number of halogens is 1. The highest BCUT2D eigenvalue weighted by atomic mass is 19.1. The summed E-state index contributed by atoms with van der Waals surface area (Å²) in [7, 11) is 0. The van der Waals surface area contributed by atoms with Gasteiger partial charge in [0.2, 0.25) is 18.5 Å². The summed E-state index contributed by atoms with van der Waals surface area (Å²) >= 11 is 0. The van der Waals surface area contributed by atoms with Crippen LogP contribution in [0.2, 0.25) is 0 Å². The first-order chi connectivity index (χ1) is 29.0. The molecule has 0 saturated carbocycles. The molecule has 0 aromatic heterocycles. The van der Waals surface area contributed by atoms with Crippen LogP contribution in [0.25, 0.3) is 11.1 Å². The largest absolute Gasteiger partial charge is 0.507 e. The van der Waals surface area contributed by atoms with Gasteiger partial charge in [-0.3, -0.25) is 4.79 Å². The lowest BCUT2D eigenvalue weighted by atomic mass is 9.77. The number of phenolic OH excluding ortho intramolecular Hbond substituents is 1. The molecule has 4 aromatic carbocycles. The number of hydrogen-bond acceptors (Lipinski definition) is 15. The van der Waals surface area contributed by atoms with Gasteiger partial charge in [0.1, 0.15) is 59.7 Å². The normalized spacial score (nSPS) is 30.6. The number of hydrogen-bond donors (Lipinski definition) is 10. The minimum Gasteiger partial charge on any atom is -0.507 e. The number of anilines is 1. The van der Waals surface area contributed by atoms with E-state index in [2.05, 4.69) is 0 Å². The van der Waals surface area contributed by atoms with Crippen LogP contribution in [-0.2, 0) is 23.9 Å². The number of aliphatic hydroxyl groups is 7. The molecule has 3 aliphatic heterocycles. The number of β-lactam (4-membered cyclic amide) rings is 1. The van der Waals surface area contributed by atoms with Gasteiger partial charge in [-0.05, 0) is 78.1 Å². The van der Waals surface area contributed by atoms with Gasteiger partial charge in [-0.2, -0.15) is 0 Å². The number of amides is 1. The predicted molar refractivity (Wildman–Crippen MR) is 204 cm³/mol. The second-order valence-electron chi connectivity index (χ2n) is 14.9. The third-order valence-corrected chi connectivity index (χ3v) is 11.0. The van der Waals surface area contributed by atoms with Gasteiger partial charge in [0.05, 0.1) is 23.6 Å². The maximum atomic E-state index is 14.0. The fraction of sp³-hybridized carbons (Fsp3) is 0.357. The Morgan fingerprint density at radius 3 is 1.89 bits per heavy atom. The Morgan fingerprint density at radius 2 is 1.30 bits per heavy atom. The van der Waals surface area contributed by atoms with Crippen molar-refractivity contribution >= 4 is 23.5 Å². The summed E-state index contributed by atoms with van der Waals surface area (Å²) in [6.45, 7) is 0. The number of aliphatic hydroxyl groups excluding tert-OH is 7. The summed E-state index contributed by atoms with van der Waals surface area (Å²) in [6, 6.07) is 20.9. The number of rotatable bonds is 13. The fourth-order valence-electron chi connectivity index (χ4n) is 7.71. The summed E-state index contributed by atoms with van der Waals surface area (Å²) in [5.74, 6) is -6.00. The first kappa shape index (κ1) is 43.4. The number of carboxylic acid groups (broad SMARTS) is 2. The highest BCUT2D eigenvalue weighted by molar-refractivity contribution is 6.03. The van der Waals surface area contributed by atoms with Gasteiger partial charge in [0, 0.05) is 5.69 Å². The van der Waals surface area contributed by atoms with Crippen LogP contribution in [0, 0.1) is 11.7 Å². The number of nitrogens with zero attached hydrogens (tertiary/aromatic N) is 1. The topological polar surface area (TPSA) is 294 Å². The van der Waals surface area contributed by atoms with Crippen LogP contribution in [0.3, 0.4) is 0 Å². The molecule has 7 rings (SSSR count). The van der Waals surface area contributed by atoms with Crippen molar-refractivity contribution in [1.82, 2.24) is 0 Å². The quantitative estimate of drug-likeness (QED) is 0.0838. The number of ether oxygens (including phenoxy) is 4. The minimum absolute atomic E-state index is 0.0143. The molecule has 3 aliphatic rings. The molecule has 4 aromatic rings. The molecular weight excluding hydrogens is 809 g/mol. The Hall–Kier alpha value is -5.74. The third-order valence-electron chi connectivity index (χ3n) is 11.0. The minimum atomic E-state index is -2.07. The SMILES string of the molecule is O=C(O)[C@H]1O[C@@H](Oc2cccc(-c3cc(O)c([C@@H]4[C@@H](CC[C@H](O)c5ccc(F)cc5)C(=O)N4c4ccccc4)c(O[C@@H]4O[C@H](C(=O)O)[C@@H](O)[C@H](O)[C@H]4O)c3)c2)[C@H](O)[C@@H](O)[C@@H]1O. The standard InChI is InChI=1S/C42H42FNO17/c43-21-11-9-18(10-12-21)25(45)14-13-24-29(44(38(24)53)22-6-2-1-3-7-22)28-26(46)16-20(17-27(28)59-42-35(52)31(48)33(50)37(61-42)40(56)57)19-5-4-8-23(15-19)58-41-34(51)30(47)32(49)36(60-41)39(54)55/h1-12,15-17,24-25,29-37,41-42,45-52H,13-14H2,(H,54,55)(H,56,57)/t24-,25+,29+,30+,31+,32+,33+,34-,35-,36+,37+,41-,42-/m1/s1. The van der Waals surface area contributed by atoms with Crippen LogP contribution in [0.1, 0.15) is 36.1 Å². The summed E-state index contributed by atoms with van der Waals surface area (Å²) in [4.78, 5) is 39.0. The predicted octanol–water partition coefficient (Wildman–Crippen LogP) is 0.958. The number of benzene rings is 4. The Morgan fingerprint density at radius 1 is 0.705 bits per heavy atom. The van der Waals surface area contributed by atoms with Gasteiger partial charge >= 0.3 is 11.9 Å². The number of carboxylic acids is 2. The van der Waals surface area contributed by atoms with E-state index in [1.165, 1.54) is 65.6 Å². The summed E-state index contributed by atoms with van der Waals surface area (Å²) < 4.78 is 36.1. The lowest BCUT2D eigenvalue weighted by Gasteiger charge is -2.48. The van der Waals surface area contributed by atoms with Crippen molar-refractivity contribution in [3.8, 4) is 28.4 Å². The first-order valence-corrected chi connectivity index (χ1v) is 19.0. The molecule has 324 valence electrons. The van der Waals surface area contributed by atoms with Gasteiger partial charge in [-0.1, -0.05) is 42.5 Å². The molecule has 0 bridgehead atoms. The number of aromatic hydroxyl groups is 1. The third kappa shape index (κ3) is 8.60. The van der Waals surface area contributed by atoms with Gasteiger partial charge in [-0.25, -0.2) is 14.0 Å². The molecule has 3 fully saturated rings. The van der Waals surface area contributed by atoms with E-state index < -0.39 is 109 Å². The number of para-hydroxylation sites is 1. The van der Waals surface area contributed by atoms with E-state index in [9.17, 15) is 69.8 Å². The molecular formula is C42H42FNO17. The molecule has 0 aliphatic carbocycles. The molecule has 18 nitrogen and oxygen atoms in total. The summed E-state index contributed by atoms with van der Waals surface area (Å²) in [5.41, 5.74) is 1.16. The van der Waals surface area contributed by atoms with E-state index in [1.54, 1.807) is 30.3 Å². The molecule has 1 amide bonds. The first-order valence-electron chi connectivity index (χ1n) is 19.0. The molecule has 10 N–H and O–H groups in total. The van der Waals surface area contributed by atoms with E-state index in [4.69, 9.17) is 18.9 Å². The van der Waals surface area contributed by atoms with Gasteiger partial charge in [-0.15, -0.1) is 0 Å². The number of carbonyl (C=O) groups is 3. The average molecular weight is 852 g/mol. The van der Waals surface area contributed by atoms with E-state index in [0.29, 0.717) is 11.3 Å². The molecule has 13 atom stereocenters. The second-order valence-corrected chi connectivity index (χ2v) is 14.9. The Bertz CT molecular complexity index is 2230. The second kappa shape index (κ2) is 17.7. The van der Waals surface area contributed by atoms with Crippen molar-refractivity contribution in [3.05, 3.63) is 108 Å².